The van der Waals surface area contributed by atoms with Gasteiger partial charge in [0.15, 0.2) is 12.0 Å². The summed E-state index contributed by atoms with van der Waals surface area (Å²) in [5.74, 6) is -0.0803. The van der Waals surface area contributed by atoms with Gasteiger partial charge in [-0.2, -0.15) is 0 Å². The molecule has 8 heteroatoms. The van der Waals surface area contributed by atoms with Gasteiger partial charge < -0.3 is 24.3 Å². The van der Waals surface area contributed by atoms with E-state index in [-0.39, 0.29) is 37.7 Å². The number of carbonyl (C=O) groups is 2. The number of aliphatic hydroxyl groups excluding tert-OH is 1. The zero-order valence-electron chi connectivity index (χ0n) is 18.5. The molecule has 1 aliphatic carbocycles. The Bertz CT molecular complexity index is 1380. The minimum Gasteiger partial charge on any atom is -0.484 e. The van der Waals surface area contributed by atoms with Crippen molar-refractivity contribution < 1.29 is 28.6 Å². The normalized spacial score (nSPS) is 10.9. The van der Waals surface area contributed by atoms with Crippen LogP contribution in [0.5, 0.6) is 5.75 Å². The molecular weight excluding hydrogens is 438 g/mol. The summed E-state index contributed by atoms with van der Waals surface area (Å²) in [7, 11) is 0. The van der Waals surface area contributed by atoms with E-state index in [1.807, 2.05) is 12.1 Å². The number of benzene rings is 3. The van der Waals surface area contributed by atoms with E-state index in [0.717, 1.165) is 0 Å². The van der Waals surface area contributed by atoms with Gasteiger partial charge in [0.2, 0.25) is 0 Å². The van der Waals surface area contributed by atoms with Crippen molar-refractivity contribution in [3.63, 3.8) is 0 Å². The summed E-state index contributed by atoms with van der Waals surface area (Å²) in [4.78, 5) is 36.5. The zero-order chi connectivity index (χ0) is 24.1. The van der Waals surface area contributed by atoms with Gasteiger partial charge in [-0.05, 0) is 42.8 Å². The monoisotopic (exact) mass is 461 g/mol. The minimum absolute atomic E-state index is 0.141. The highest BCUT2D eigenvalue weighted by Gasteiger charge is 2.22. The highest BCUT2D eigenvalue weighted by Crippen LogP contribution is 2.42. The molecule has 0 atom stereocenters. The van der Waals surface area contributed by atoms with E-state index < -0.39 is 5.97 Å². The summed E-state index contributed by atoms with van der Waals surface area (Å²) in [5, 5.41) is 12.0. The third kappa shape index (κ3) is 4.77. The van der Waals surface area contributed by atoms with Crippen LogP contribution in [0, 0.1) is 0 Å². The lowest BCUT2D eigenvalue weighted by Gasteiger charge is -2.17. The Kier molecular flexibility index (Phi) is 6.89. The minimum atomic E-state index is -0.450. The third-order valence-electron chi connectivity index (χ3n) is 5.16. The summed E-state index contributed by atoms with van der Waals surface area (Å²) in [6.07, 6.45) is 0. The molecule has 2 aromatic carbocycles. The zero-order valence-corrected chi connectivity index (χ0v) is 18.5. The lowest BCUT2D eigenvalue weighted by Crippen LogP contribution is -2.31. The second-order valence-corrected chi connectivity index (χ2v) is 7.42. The Morgan fingerprint density at radius 1 is 1.03 bits per heavy atom. The lowest BCUT2D eigenvalue weighted by atomic mass is 9.91. The molecule has 0 radical (unpaired) electrons. The number of hydrogen-bond acceptors (Lipinski definition) is 7. The number of ether oxygens (including phenoxy) is 2. The van der Waals surface area contributed by atoms with Crippen LogP contribution < -0.4 is 15.5 Å². The smallest absolute Gasteiger partial charge is 0.338 e. The first-order valence-electron chi connectivity index (χ1n) is 10.8. The van der Waals surface area contributed by atoms with Gasteiger partial charge >= 0.3 is 5.97 Å². The maximum Gasteiger partial charge on any atom is 0.338 e. The molecule has 0 saturated heterocycles. The van der Waals surface area contributed by atoms with Crippen LogP contribution in [0.3, 0.4) is 0 Å². The van der Waals surface area contributed by atoms with Crippen LogP contribution >= 0.6 is 0 Å². The molecule has 1 aliphatic heterocycles. The Balaban J connectivity index is 1.86. The number of fused-ring (bicyclic) bond motifs is 2. The average molecular weight is 461 g/mol. The Morgan fingerprint density at radius 3 is 2.65 bits per heavy atom. The van der Waals surface area contributed by atoms with Crippen molar-refractivity contribution in [3.05, 3.63) is 76.5 Å². The van der Waals surface area contributed by atoms with Crippen LogP contribution in [-0.2, 0) is 9.53 Å². The largest absolute Gasteiger partial charge is 0.484 e. The summed E-state index contributed by atoms with van der Waals surface area (Å²) >= 11 is 0. The SMILES string of the molecule is CCOC(=O)c1ccccc1-c1c2ccc(=O)cc-2oc2cc(OCC(=O)NCCO)ccc12. The maximum atomic E-state index is 12.7. The number of carbonyl (C=O) groups excluding carboxylic acids is 2. The van der Waals surface area contributed by atoms with E-state index >= 15 is 0 Å². The van der Waals surface area contributed by atoms with Crippen molar-refractivity contribution in [2.75, 3.05) is 26.4 Å². The highest BCUT2D eigenvalue weighted by atomic mass is 16.5. The van der Waals surface area contributed by atoms with Crippen LogP contribution in [0.2, 0.25) is 0 Å². The summed E-state index contributed by atoms with van der Waals surface area (Å²) in [6, 6.07) is 16.7. The van der Waals surface area contributed by atoms with E-state index in [1.165, 1.54) is 12.1 Å². The van der Waals surface area contributed by atoms with Crippen molar-refractivity contribution in [3.8, 4) is 28.2 Å². The number of rotatable bonds is 8. The Morgan fingerprint density at radius 2 is 1.85 bits per heavy atom. The second-order valence-electron chi connectivity index (χ2n) is 7.42. The van der Waals surface area contributed by atoms with Crippen LogP contribution in [-0.4, -0.2) is 43.3 Å². The van der Waals surface area contributed by atoms with Gasteiger partial charge in [0.25, 0.3) is 5.91 Å². The molecular formula is C26H23NO7. The van der Waals surface area contributed by atoms with Gasteiger partial charge in [-0.1, -0.05) is 18.2 Å². The van der Waals surface area contributed by atoms with Crippen molar-refractivity contribution in [1.82, 2.24) is 5.32 Å². The van der Waals surface area contributed by atoms with E-state index in [1.54, 1.807) is 43.3 Å². The summed E-state index contributed by atoms with van der Waals surface area (Å²) in [6.45, 7) is 1.73. The van der Waals surface area contributed by atoms with Crippen LogP contribution in [0.4, 0.5) is 0 Å². The first-order chi connectivity index (χ1) is 16.5. The number of esters is 1. The first kappa shape index (κ1) is 23.0. The van der Waals surface area contributed by atoms with E-state index in [4.69, 9.17) is 19.0 Å². The topological polar surface area (TPSA) is 115 Å². The molecule has 2 N–H and O–H groups in total. The first-order valence-corrected chi connectivity index (χ1v) is 10.8. The van der Waals surface area contributed by atoms with Crippen LogP contribution in [0.25, 0.3) is 33.4 Å². The van der Waals surface area contributed by atoms with Gasteiger partial charge in [-0.25, -0.2) is 4.79 Å². The molecule has 0 aromatic heterocycles. The number of hydrogen-bond donors (Lipinski definition) is 2. The van der Waals surface area contributed by atoms with Gasteiger partial charge in [0.05, 0.1) is 18.8 Å². The quantitative estimate of drug-likeness (QED) is 0.306. The molecule has 34 heavy (non-hydrogen) atoms. The molecule has 174 valence electrons. The molecule has 4 rings (SSSR count). The second kappa shape index (κ2) is 10.2. The standard InChI is InChI=1S/C26H23NO7/c1-2-32-26(31)19-6-4-3-5-18(19)25-20-9-7-16(29)13-22(20)34-23-14-17(8-10-21(23)25)33-15-24(30)27-11-12-28/h3-10,13-14,28H,2,11-12,15H2,1H3,(H,27,30). The van der Waals surface area contributed by atoms with E-state index in [9.17, 15) is 14.4 Å². The molecule has 0 unspecified atom stereocenters. The van der Waals surface area contributed by atoms with Crippen molar-refractivity contribution in [2.45, 2.75) is 6.92 Å². The van der Waals surface area contributed by atoms with E-state index in [0.29, 0.717) is 44.7 Å². The molecule has 8 nitrogen and oxygen atoms in total. The predicted molar refractivity (Wildman–Crippen MR) is 126 cm³/mol. The van der Waals surface area contributed by atoms with Gasteiger partial charge in [-0.3, -0.25) is 9.59 Å². The van der Waals surface area contributed by atoms with Gasteiger partial charge in [0, 0.05) is 35.2 Å². The van der Waals surface area contributed by atoms with Crippen LogP contribution in [0.1, 0.15) is 17.3 Å². The molecule has 0 bridgehead atoms. The van der Waals surface area contributed by atoms with Gasteiger partial charge in [0.1, 0.15) is 17.1 Å². The molecule has 0 fully saturated rings. The average Bonchev–Trinajstić information content (AvgIpc) is 2.84. The number of amides is 1. The third-order valence-corrected chi connectivity index (χ3v) is 5.16. The van der Waals surface area contributed by atoms with Crippen molar-refractivity contribution in [1.29, 1.82) is 0 Å². The molecule has 2 aliphatic rings. The fourth-order valence-corrected chi connectivity index (χ4v) is 3.71. The molecule has 2 aromatic rings. The molecule has 1 amide bonds. The fourth-order valence-electron chi connectivity index (χ4n) is 3.71. The van der Waals surface area contributed by atoms with Crippen LogP contribution in [0.15, 0.2) is 69.9 Å². The Hall–Kier alpha value is -4.17. The molecule has 1 heterocycles. The maximum absolute atomic E-state index is 12.7. The predicted octanol–water partition coefficient (Wildman–Crippen LogP) is 3.23. The van der Waals surface area contributed by atoms with Crippen molar-refractivity contribution >= 4 is 22.8 Å². The Labute approximate surface area is 195 Å². The lowest BCUT2D eigenvalue weighted by molar-refractivity contribution is -0.123. The van der Waals surface area contributed by atoms with Gasteiger partial charge in [-0.15, -0.1) is 0 Å². The summed E-state index contributed by atoms with van der Waals surface area (Å²) in [5.41, 5.74) is 2.62. The number of nitrogens with one attached hydrogen (secondary N) is 1. The number of aliphatic hydroxyl groups is 1. The van der Waals surface area contributed by atoms with Crippen molar-refractivity contribution in [2.24, 2.45) is 0 Å². The summed E-state index contributed by atoms with van der Waals surface area (Å²) < 4.78 is 16.8. The molecule has 0 saturated carbocycles. The van der Waals surface area contributed by atoms with E-state index in [2.05, 4.69) is 5.32 Å². The molecule has 0 spiro atoms. The highest BCUT2D eigenvalue weighted by molar-refractivity contribution is 6.07. The fraction of sp³-hybridized carbons (Fsp3) is 0.192.